The van der Waals surface area contributed by atoms with E-state index in [0.29, 0.717) is 17.3 Å². The summed E-state index contributed by atoms with van der Waals surface area (Å²) in [6, 6.07) is 13.3. The van der Waals surface area contributed by atoms with Crippen molar-refractivity contribution in [1.82, 2.24) is 9.97 Å². The molecule has 0 saturated carbocycles. The van der Waals surface area contributed by atoms with Gasteiger partial charge in [0, 0.05) is 5.56 Å². The lowest BCUT2D eigenvalue weighted by molar-refractivity contribution is 0.373. The first-order valence-electron chi connectivity index (χ1n) is 9.24. The largest absolute Gasteiger partial charge is 0.504 e. The Morgan fingerprint density at radius 2 is 1.93 bits per heavy atom. The number of aromatic nitrogens is 2. The summed E-state index contributed by atoms with van der Waals surface area (Å²) in [7, 11) is 3.19. The van der Waals surface area contributed by atoms with E-state index in [-0.39, 0.29) is 11.8 Å². The monoisotopic (exact) mass is 379 g/mol. The minimum Gasteiger partial charge on any atom is -0.504 e. The fraction of sp³-hybridized carbons (Fsp3) is 0.273. The van der Waals surface area contributed by atoms with Crippen molar-refractivity contribution < 1.29 is 14.6 Å². The van der Waals surface area contributed by atoms with Crippen LogP contribution < -0.4 is 14.8 Å². The number of hydrogen-bond donors (Lipinski definition) is 2. The van der Waals surface area contributed by atoms with Crippen LogP contribution >= 0.6 is 0 Å². The highest BCUT2D eigenvalue weighted by Crippen LogP contribution is 2.31. The van der Waals surface area contributed by atoms with Gasteiger partial charge < -0.3 is 19.9 Å². The van der Waals surface area contributed by atoms with Gasteiger partial charge in [0.15, 0.2) is 11.5 Å². The molecule has 28 heavy (non-hydrogen) atoms. The van der Waals surface area contributed by atoms with Gasteiger partial charge in [0.2, 0.25) is 0 Å². The second-order valence-corrected chi connectivity index (χ2v) is 6.44. The molecule has 1 atom stereocenters. The van der Waals surface area contributed by atoms with E-state index in [4.69, 9.17) is 14.5 Å². The molecule has 3 rings (SSSR count). The van der Waals surface area contributed by atoms with Crippen LogP contribution in [0.3, 0.4) is 0 Å². The predicted octanol–water partition coefficient (Wildman–Crippen LogP) is 4.82. The SMILES string of the molecule is CCC[C@H](Nc1cncc(-c2ccc(O)c(OC)c2)n1)c1cccc(OC)c1. The minimum atomic E-state index is 0.0922. The standard InChI is InChI=1S/C22H25N3O3/c1-4-6-18(15-7-5-8-17(11-15)27-2)24-22-14-23-13-19(25-22)16-9-10-20(26)21(12-16)28-3/h5,7-14,18,26H,4,6H2,1-3H3,(H,24,25)/t18-/m0/s1. The number of anilines is 1. The maximum absolute atomic E-state index is 9.80. The lowest BCUT2D eigenvalue weighted by Gasteiger charge is -2.20. The minimum absolute atomic E-state index is 0.0922. The summed E-state index contributed by atoms with van der Waals surface area (Å²) >= 11 is 0. The van der Waals surface area contributed by atoms with E-state index in [1.807, 2.05) is 18.2 Å². The van der Waals surface area contributed by atoms with Crippen molar-refractivity contribution in [3.05, 3.63) is 60.4 Å². The number of rotatable bonds is 8. The van der Waals surface area contributed by atoms with E-state index in [1.165, 1.54) is 7.11 Å². The third-order valence-electron chi connectivity index (χ3n) is 4.51. The fourth-order valence-corrected chi connectivity index (χ4v) is 3.06. The predicted molar refractivity (Wildman–Crippen MR) is 110 cm³/mol. The summed E-state index contributed by atoms with van der Waals surface area (Å²) < 4.78 is 10.5. The first kappa shape index (κ1) is 19.5. The van der Waals surface area contributed by atoms with E-state index in [0.717, 1.165) is 29.7 Å². The summed E-state index contributed by atoms with van der Waals surface area (Å²) in [6.45, 7) is 2.15. The van der Waals surface area contributed by atoms with Crippen molar-refractivity contribution in [3.63, 3.8) is 0 Å². The number of nitrogens with zero attached hydrogens (tertiary/aromatic N) is 2. The molecule has 2 N–H and O–H groups in total. The van der Waals surface area contributed by atoms with E-state index >= 15 is 0 Å². The molecule has 0 aliphatic rings. The van der Waals surface area contributed by atoms with Crippen molar-refractivity contribution in [2.75, 3.05) is 19.5 Å². The van der Waals surface area contributed by atoms with Gasteiger partial charge in [0.1, 0.15) is 11.6 Å². The summed E-state index contributed by atoms with van der Waals surface area (Å²) in [5.74, 6) is 2.01. The number of nitrogens with one attached hydrogen (secondary N) is 1. The zero-order chi connectivity index (χ0) is 19.9. The Bertz CT molecular complexity index is 930. The molecule has 6 heteroatoms. The summed E-state index contributed by atoms with van der Waals surface area (Å²) in [6.07, 6.45) is 5.38. The van der Waals surface area contributed by atoms with E-state index in [2.05, 4.69) is 23.3 Å². The number of methoxy groups -OCH3 is 2. The molecule has 0 radical (unpaired) electrons. The molecule has 0 unspecified atom stereocenters. The van der Waals surface area contributed by atoms with Crippen LogP contribution in [0, 0.1) is 0 Å². The topological polar surface area (TPSA) is 76.5 Å². The molecular formula is C22H25N3O3. The van der Waals surface area contributed by atoms with Crippen LogP contribution in [0.1, 0.15) is 31.4 Å². The molecule has 0 amide bonds. The fourth-order valence-electron chi connectivity index (χ4n) is 3.06. The van der Waals surface area contributed by atoms with E-state index < -0.39 is 0 Å². The molecule has 1 aromatic heterocycles. The van der Waals surface area contributed by atoms with Crippen LogP contribution in [0.4, 0.5) is 5.82 Å². The van der Waals surface area contributed by atoms with Gasteiger partial charge in [-0.2, -0.15) is 0 Å². The number of benzene rings is 2. The van der Waals surface area contributed by atoms with Gasteiger partial charge in [0.25, 0.3) is 0 Å². The third kappa shape index (κ3) is 4.52. The van der Waals surface area contributed by atoms with Crippen molar-refractivity contribution in [1.29, 1.82) is 0 Å². The zero-order valence-electron chi connectivity index (χ0n) is 16.3. The third-order valence-corrected chi connectivity index (χ3v) is 4.51. The summed E-state index contributed by atoms with van der Waals surface area (Å²) in [4.78, 5) is 9.02. The van der Waals surface area contributed by atoms with Crippen LogP contribution in [0.5, 0.6) is 17.2 Å². The van der Waals surface area contributed by atoms with Gasteiger partial charge in [-0.25, -0.2) is 4.98 Å². The highest BCUT2D eigenvalue weighted by molar-refractivity contribution is 5.64. The highest BCUT2D eigenvalue weighted by atomic mass is 16.5. The Kier molecular flexibility index (Phi) is 6.32. The molecule has 2 aromatic carbocycles. The smallest absolute Gasteiger partial charge is 0.161 e. The van der Waals surface area contributed by atoms with Crippen LogP contribution in [-0.2, 0) is 0 Å². The second kappa shape index (κ2) is 9.08. The molecular weight excluding hydrogens is 354 g/mol. The quantitative estimate of drug-likeness (QED) is 0.584. The van der Waals surface area contributed by atoms with Gasteiger partial charge in [-0.15, -0.1) is 0 Å². The molecule has 0 aliphatic heterocycles. The van der Waals surface area contributed by atoms with E-state index in [1.54, 1.807) is 37.7 Å². The number of phenolic OH excluding ortho intramolecular Hbond substituents is 1. The number of ether oxygens (including phenoxy) is 2. The molecule has 3 aromatic rings. The molecule has 0 saturated heterocycles. The number of aromatic hydroxyl groups is 1. The Labute approximate surface area is 165 Å². The van der Waals surface area contributed by atoms with Crippen molar-refractivity contribution in [2.24, 2.45) is 0 Å². The van der Waals surface area contributed by atoms with Crippen LogP contribution in [-0.4, -0.2) is 29.3 Å². The first-order chi connectivity index (χ1) is 13.6. The number of phenols is 1. The molecule has 0 aliphatic carbocycles. The molecule has 0 spiro atoms. The summed E-state index contributed by atoms with van der Waals surface area (Å²) in [5, 5.41) is 13.3. The summed E-state index contributed by atoms with van der Waals surface area (Å²) in [5.41, 5.74) is 2.66. The maximum atomic E-state index is 9.80. The van der Waals surface area contributed by atoms with Gasteiger partial charge in [-0.05, 0) is 42.3 Å². The van der Waals surface area contributed by atoms with Crippen LogP contribution in [0.25, 0.3) is 11.3 Å². The average Bonchev–Trinajstić information content (AvgIpc) is 2.74. The molecule has 1 heterocycles. The maximum Gasteiger partial charge on any atom is 0.161 e. The van der Waals surface area contributed by atoms with Gasteiger partial charge in [-0.3, -0.25) is 4.98 Å². The first-order valence-corrected chi connectivity index (χ1v) is 9.24. The molecule has 0 bridgehead atoms. The van der Waals surface area contributed by atoms with Gasteiger partial charge >= 0.3 is 0 Å². The van der Waals surface area contributed by atoms with E-state index in [9.17, 15) is 5.11 Å². The van der Waals surface area contributed by atoms with Crippen LogP contribution in [0.2, 0.25) is 0 Å². The van der Waals surface area contributed by atoms with Crippen molar-refractivity contribution in [2.45, 2.75) is 25.8 Å². The average molecular weight is 379 g/mol. The molecule has 0 fully saturated rings. The Balaban J connectivity index is 1.87. The second-order valence-electron chi connectivity index (χ2n) is 6.44. The zero-order valence-corrected chi connectivity index (χ0v) is 16.3. The normalized spacial score (nSPS) is 11.7. The Hall–Kier alpha value is -3.28. The Morgan fingerprint density at radius 1 is 1.07 bits per heavy atom. The highest BCUT2D eigenvalue weighted by Gasteiger charge is 2.13. The molecule has 6 nitrogen and oxygen atoms in total. The molecule has 146 valence electrons. The lowest BCUT2D eigenvalue weighted by atomic mass is 10.0. The van der Waals surface area contributed by atoms with Gasteiger partial charge in [0.05, 0.1) is 38.3 Å². The van der Waals surface area contributed by atoms with Gasteiger partial charge in [-0.1, -0.05) is 25.5 Å². The van der Waals surface area contributed by atoms with Crippen LogP contribution in [0.15, 0.2) is 54.9 Å². The van der Waals surface area contributed by atoms with Crippen molar-refractivity contribution >= 4 is 5.82 Å². The van der Waals surface area contributed by atoms with Crippen molar-refractivity contribution in [3.8, 4) is 28.5 Å². The lowest BCUT2D eigenvalue weighted by Crippen LogP contribution is -2.12. The number of hydrogen-bond acceptors (Lipinski definition) is 6. The Morgan fingerprint density at radius 3 is 2.68 bits per heavy atom.